The van der Waals surface area contributed by atoms with E-state index in [1.54, 1.807) is 24.3 Å². The van der Waals surface area contributed by atoms with Crippen LogP contribution in [-0.4, -0.2) is 24.7 Å². The van der Waals surface area contributed by atoms with Crippen LogP contribution in [0, 0.1) is 6.92 Å². The van der Waals surface area contributed by atoms with E-state index in [1.165, 1.54) is 25.6 Å². The first kappa shape index (κ1) is 19.2. The Morgan fingerprint density at radius 2 is 1.93 bits per heavy atom. The summed E-state index contributed by atoms with van der Waals surface area (Å²) in [6.07, 6.45) is 1.76. The van der Waals surface area contributed by atoms with E-state index in [0.29, 0.717) is 33.4 Å². The van der Waals surface area contributed by atoms with Gasteiger partial charge in [0.1, 0.15) is 17.1 Å². The molecule has 0 radical (unpaired) electrons. The number of ether oxygens (including phenoxy) is 2. The average molecular weight is 403 g/mol. The summed E-state index contributed by atoms with van der Waals surface area (Å²) in [5.41, 5.74) is 2.18. The summed E-state index contributed by atoms with van der Waals surface area (Å²) in [7, 11) is 3.02. The largest absolute Gasteiger partial charge is 0.496 e. The summed E-state index contributed by atoms with van der Waals surface area (Å²) in [6.45, 7) is 6.27. The van der Waals surface area contributed by atoms with Gasteiger partial charge in [0, 0.05) is 11.6 Å². The Morgan fingerprint density at radius 3 is 2.52 bits per heavy atom. The summed E-state index contributed by atoms with van der Waals surface area (Å²) < 4.78 is 13.6. The third-order valence-corrected chi connectivity index (χ3v) is 5.63. The summed E-state index contributed by atoms with van der Waals surface area (Å²) >= 11 is 7.71. The van der Waals surface area contributed by atoms with Gasteiger partial charge in [-0.05, 0) is 36.8 Å². The molecule has 1 amide bonds. The molecule has 0 spiro atoms. The highest BCUT2D eigenvalue weighted by Crippen LogP contribution is 2.30. The molecule has 1 aromatic heterocycles. The molecule has 0 aliphatic rings. The third kappa shape index (κ3) is 3.50. The minimum Gasteiger partial charge on any atom is -0.496 e. The molecule has 7 heteroatoms. The maximum absolute atomic E-state index is 13.0. The fraction of sp³-hybridized carbons (Fsp3) is 0.200. The van der Waals surface area contributed by atoms with Crippen molar-refractivity contribution in [2.24, 2.45) is 4.99 Å². The van der Waals surface area contributed by atoms with Crippen LogP contribution in [0.3, 0.4) is 0 Å². The number of aromatic nitrogens is 1. The summed E-state index contributed by atoms with van der Waals surface area (Å²) in [4.78, 5) is 17.9. The average Bonchev–Trinajstić information content (AvgIpc) is 3.02. The molecule has 0 aliphatic heterocycles. The van der Waals surface area contributed by atoms with Crippen LogP contribution in [0.2, 0.25) is 5.02 Å². The normalized spacial score (nSPS) is 11.6. The number of halogens is 1. The van der Waals surface area contributed by atoms with Gasteiger partial charge in [-0.25, -0.2) is 0 Å². The zero-order chi connectivity index (χ0) is 19.6. The molecule has 0 bridgehead atoms. The van der Waals surface area contributed by atoms with Crippen molar-refractivity contribution in [2.75, 3.05) is 14.2 Å². The van der Waals surface area contributed by atoms with Gasteiger partial charge in [0.05, 0.1) is 24.4 Å². The molecule has 1 heterocycles. The van der Waals surface area contributed by atoms with Gasteiger partial charge in [0.15, 0.2) is 4.80 Å². The number of nitrogens with zero attached hydrogens (tertiary/aromatic N) is 2. The lowest BCUT2D eigenvalue weighted by atomic mass is 10.1. The van der Waals surface area contributed by atoms with Gasteiger partial charge in [-0.15, -0.1) is 6.58 Å². The van der Waals surface area contributed by atoms with E-state index in [-0.39, 0.29) is 0 Å². The fourth-order valence-corrected chi connectivity index (χ4v) is 4.15. The molecule has 0 saturated heterocycles. The Balaban J connectivity index is 2.25. The maximum atomic E-state index is 13.0. The molecule has 2 aromatic carbocycles. The van der Waals surface area contributed by atoms with E-state index in [2.05, 4.69) is 11.6 Å². The zero-order valence-electron chi connectivity index (χ0n) is 15.3. The van der Waals surface area contributed by atoms with Crippen LogP contribution in [0.5, 0.6) is 11.5 Å². The Labute approximate surface area is 166 Å². The number of rotatable bonds is 5. The highest BCUT2D eigenvalue weighted by Gasteiger charge is 2.19. The van der Waals surface area contributed by atoms with Crippen LogP contribution in [0.15, 0.2) is 48.0 Å². The van der Waals surface area contributed by atoms with E-state index in [1.807, 2.05) is 23.6 Å². The first-order valence-corrected chi connectivity index (χ1v) is 9.40. The molecule has 0 fully saturated rings. The molecular weight excluding hydrogens is 384 g/mol. The minimum absolute atomic E-state index is 0.292. The number of carbonyl (C=O) groups excluding carboxylic acids is 1. The summed E-state index contributed by atoms with van der Waals surface area (Å²) in [5.74, 6) is 0.398. The van der Waals surface area contributed by atoms with Gasteiger partial charge in [0.25, 0.3) is 5.91 Å². The topological polar surface area (TPSA) is 52.8 Å². The van der Waals surface area contributed by atoms with Gasteiger partial charge < -0.3 is 14.0 Å². The first-order valence-electron chi connectivity index (χ1n) is 8.21. The summed E-state index contributed by atoms with van der Waals surface area (Å²) in [5, 5.41) is 0.669. The lowest BCUT2D eigenvalue weighted by molar-refractivity contribution is 0.0992. The Hall–Kier alpha value is -2.57. The third-order valence-electron chi connectivity index (χ3n) is 4.18. The van der Waals surface area contributed by atoms with Crippen molar-refractivity contribution in [3.05, 3.63) is 63.9 Å². The number of amides is 1. The quantitative estimate of drug-likeness (QED) is 0.585. The maximum Gasteiger partial charge on any atom is 0.287 e. The second kappa shape index (κ2) is 7.98. The number of thiazole rings is 1. The molecule has 5 nitrogen and oxygen atoms in total. The molecule has 0 unspecified atom stereocenters. The van der Waals surface area contributed by atoms with Crippen molar-refractivity contribution >= 4 is 39.1 Å². The van der Waals surface area contributed by atoms with E-state index >= 15 is 0 Å². The SMILES string of the molecule is C=CCn1c(=NC(=O)c2c(OC)cccc2OC)sc2ccc(Cl)c(C)c21. The van der Waals surface area contributed by atoms with Gasteiger partial charge in [-0.2, -0.15) is 4.99 Å². The Kier molecular flexibility index (Phi) is 5.68. The smallest absolute Gasteiger partial charge is 0.287 e. The van der Waals surface area contributed by atoms with Crippen molar-refractivity contribution in [3.8, 4) is 11.5 Å². The number of hydrogen-bond acceptors (Lipinski definition) is 4. The van der Waals surface area contributed by atoms with Crippen LogP contribution in [0.4, 0.5) is 0 Å². The number of fused-ring (bicyclic) bond motifs is 1. The molecule has 0 saturated carbocycles. The van der Waals surface area contributed by atoms with E-state index < -0.39 is 5.91 Å². The van der Waals surface area contributed by atoms with Gasteiger partial charge >= 0.3 is 0 Å². The van der Waals surface area contributed by atoms with Crippen molar-refractivity contribution in [1.82, 2.24) is 4.57 Å². The highest BCUT2D eigenvalue weighted by atomic mass is 35.5. The molecule has 0 aliphatic carbocycles. The molecule has 0 atom stereocenters. The lowest BCUT2D eigenvalue weighted by Gasteiger charge is -2.10. The number of hydrogen-bond donors (Lipinski definition) is 0. The van der Waals surface area contributed by atoms with E-state index in [9.17, 15) is 4.79 Å². The molecule has 140 valence electrons. The van der Waals surface area contributed by atoms with Crippen LogP contribution < -0.4 is 14.3 Å². The van der Waals surface area contributed by atoms with Crippen molar-refractivity contribution in [1.29, 1.82) is 0 Å². The molecular formula is C20H19ClN2O3S. The molecule has 3 rings (SSSR count). The molecule has 0 N–H and O–H groups in total. The molecule has 27 heavy (non-hydrogen) atoms. The van der Waals surface area contributed by atoms with E-state index in [0.717, 1.165) is 15.8 Å². The zero-order valence-corrected chi connectivity index (χ0v) is 16.9. The van der Waals surface area contributed by atoms with Gasteiger partial charge in [-0.1, -0.05) is 35.1 Å². The predicted molar refractivity (Wildman–Crippen MR) is 109 cm³/mol. The van der Waals surface area contributed by atoms with Crippen LogP contribution in [0.1, 0.15) is 15.9 Å². The van der Waals surface area contributed by atoms with Crippen LogP contribution in [0.25, 0.3) is 10.2 Å². The Bertz CT molecular complexity index is 1080. The number of benzene rings is 2. The Morgan fingerprint density at radius 1 is 1.26 bits per heavy atom. The number of allylic oxidation sites excluding steroid dienone is 1. The standard InChI is InChI=1S/C20H19ClN2O3S/c1-5-11-23-18-12(2)13(21)9-10-16(18)27-20(23)22-19(24)17-14(25-3)7-6-8-15(17)26-4/h5-10H,1,11H2,2-4H3. The molecule has 3 aromatic rings. The minimum atomic E-state index is -0.433. The summed E-state index contributed by atoms with van der Waals surface area (Å²) in [6, 6.07) is 8.96. The van der Waals surface area contributed by atoms with Crippen LogP contribution >= 0.6 is 22.9 Å². The van der Waals surface area contributed by atoms with Crippen molar-refractivity contribution < 1.29 is 14.3 Å². The predicted octanol–water partition coefficient (Wildman–Crippen LogP) is 4.61. The van der Waals surface area contributed by atoms with Gasteiger partial charge in [-0.3, -0.25) is 4.79 Å². The number of carbonyl (C=O) groups is 1. The lowest BCUT2D eigenvalue weighted by Crippen LogP contribution is -2.17. The second-order valence-electron chi connectivity index (χ2n) is 5.76. The van der Waals surface area contributed by atoms with Crippen LogP contribution in [-0.2, 0) is 6.54 Å². The highest BCUT2D eigenvalue weighted by molar-refractivity contribution is 7.16. The fourth-order valence-electron chi connectivity index (χ4n) is 2.90. The monoisotopic (exact) mass is 402 g/mol. The van der Waals surface area contributed by atoms with E-state index in [4.69, 9.17) is 21.1 Å². The number of methoxy groups -OCH3 is 2. The second-order valence-corrected chi connectivity index (χ2v) is 7.17. The number of aryl methyl sites for hydroxylation is 1. The first-order chi connectivity index (χ1) is 13.0. The van der Waals surface area contributed by atoms with Crippen molar-refractivity contribution in [3.63, 3.8) is 0 Å². The van der Waals surface area contributed by atoms with Crippen molar-refractivity contribution in [2.45, 2.75) is 13.5 Å². The van der Waals surface area contributed by atoms with Gasteiger partial charge in [0.2, 0.25) is 0 Å².